The largest absolute Gasteiger partial charge is 0.383 e. The molecule has 0 spiro atoms. The van der Waals surface area contributed by atoms with Crippen molar-refractivity contribution >= 4 is 17.4 Å². The smallest absolute Gasteiger partial charge is 0.330 e. The number of carbonyl (C=O) groups is 1. The molecule has 146 valence electrons. The molecular formula is C17H22FN5O4. The third kappa shape index (κ3) is 4.59. The first-order valence-electron chi connectivity index (χ1n) is 8.31. The SMILES string of the molecule is COCCN(C(=O)c1ccnc(F)c1)c1c(N)n(CC(C)C)c(=O)[nH]c1=O. The van der Waals surface area contributed by atoms with Crippen molar-refractivity contribution in [2.75, 3.05) is 30.9 Å². The maximum atomic E-state index is 13.4. The predicted molar refractivity (Wildman–Crippen MR) is 98.3 cm³/mol. The van der Waals surface area contributed by atoms with Gasteiger partial charge in [-0.3, -0.25) is 24.0 Å². The molecule has 0 fully saturated rings. The fourth-order valence-corrected chi connectivity index (χ4v) is 2.57. The molecule has 0 radical (unpaired) electrons. The van der Waals surface area contributed by atoms with Gasteiger partial charge in [-0.05, 0) is 12.0 Å². The number of nitrogens with one attached hydrogen (secondary N) is 1. The molecule has 0 aliphatic carbocycles. The van der Waals surface area contributed by atoms with E-state index in [9.17, 15) is 18.8 Å². The zero-order valence-electron chi connectivity index (χ0n) is 15.4. The molecule has 0 saturated heterocycles. The number of nitrogens with two attached hydrogens (primary N) is 1. The summed E-state index contributed by atoms with van der Waals surface area (Å²) in [6.45, 7) is 4.09. The Morgan fingerprint density at radius 2 is 2.15 bits per heavy atom. The maximum absolute atomic E-state index is 13.4. The van der Waals surface area contributed by atoms with Crippen LogP contribution in [0.4, 0.5) is 15.9 Å². The van der Waals surface area contributed by atoms with Gasteiger partial charge in [-0.25, -0.2) is 9.78 Å². The Labute approximate surface area is 154 Å². The number of nitrogens with zero attached hydrogens (tertiary/aromatic N) is 3. The van der Waals surface area contributed by atoms with Crippen LogP contribution in [0.3, 0.4) is 0 Å². The van der Waals surface area contributed by atoms with Crippen LogP contribution in [-0.4, -0.2) is 40.7 Å². The third-order valence-corrected chi connectivity index (χ3v) is 3.77. The van der Waals surface area contributed by atoms with Crippen LogP contribution in [0, 0.1) is 11.9 Å². The number of nitrogen functional groups attached to an aromatic ring is 1. The number of anilines is 2. The molecule has 2 aromatic rings. The molecule has 10 heteroatoms. The van der Waals surface area contributed by atoms with E-state index in [1.54, 1.807) is 0 Å². The van der Waals surface area contributed by atoms with Crippen molar-refractivity contribution in [3.05, 3.63) is 50.7 Å². The van der Waals surface area contributed by atoms with Gasteiger partial charge in [-0.15, -0.1) is 0 Å². The number of aromatic nitrogens is 3. The molecule has 3 N–H and O–H groups in total. The van der Waals surface area contributed by atoms with E-state index in [2.05, 4.69) is 9.97 Å². The second kappa shape index (κ2) is 8.58. The molecule has 2 rings (SSSR count). The van der Waals surface area contributed by atoms with Crippen LogP contribution in [0.15, 0.2) is 27.9 Å². The summed E-state index contributed by atoms with van der Waals surface area (Å²) in [6, 6.07) is 2.27. The quantitative estimate of drug-likeness (QED) is 0.679. The van der Waals surface area contributed by atoms with E-state index < -0.39 is 23.1 Å². The van der Waals surface area contributed by atoms with Gasteiger partial charge in [0.25, 0.3) is 11.5 Å². The van der Waals surface area contributed by atoms with Crippen LogP contribution < -0.4 is 21.9 Å². The molecule has 0 atom stereocenters. The summed E-state index contributed by atoms with van der Waals surface area (Å²) in [6.07, 6.45) is 1.14. The number of rotatable bonds is 7. The molecule has 0 saturated carbocycles. The average molecular weight is 379 g/mol. The van der Waals surface area contributed by atoms with E-state index in [4.69, 9.17) is 10.5 Å². The van der Waals surface area contributed by atoms with Crippen molar-refractivity contribution in [3.8, 4) is 0 Å². The first-order chi connectivity index (χ1) is 12.8. The predicted octanol–water partition coefficient (Wildman–Crippen LogP) is 0.602. The molecule has 0 aliphatic rings. The summed E-state index contributed by atoms with van der Waals surface area (Å²) in [5.41, 5.74) is 4.40. The van der Waals surface area contributed by atoms with Gasteiger partial charge in [0.05, 0.1) is 6.61 Å². The van der Waals surface area contributed by atoms with E-state index in [0.29, 0.717) is 0 Å². The fourth-order valence-electron chi connectivity index (χ4n) is 2.57. The highest BCUT2D eigenvalue weighted by Gasteiger charge is 2.25. The number of methoxy groups -OCH3 is 1. The zero-order valence-corrected chi connectivity index (χ0v) is 15.4. The number of pyridine rings is 1. The van der Waals surface area contributed by atoms with Gasteiger partial charge in [-0.2, -0.15) is 4.39 Å². The number of hydrogen-bond acceptors (Lipinski definition) is 6. The zero-order chi connectivity index (χ0) is 20.1. The number of hydrogen-bond donors (Lipinski definition) is 2. The number of H-pyrrole nitrogens is 1. The van der Waals surface area contributed by atoms with E-state index in [-0.39, 0.29) is 42.7 Å². The fraction of sp³-hybridized carbons (Fsp3) is 0.412. The molecule has 1 amide bonds. The Morgan fingerprint density at radius 1 is 1.44 bits per heavy atom. The number of amides is 1. The third-order valence-electron chi connectivity index (χ3n) is 3.77. The minimum atomic E-state index is -0.834. The van der Waals surface area contributed by atoms with Crippen LogP contribution in [0.1, 0.15) is 24.2 Å². The van der Waals surface area contributed by atoms with Gasteiger partial charge in [-0.1, -0.05) is 13.8 Å². The number of aromatic amines is 1. The summed E-state index contributed by atoms with van der Waals surface area (Å²) in [7, 11) is 1.43. The highest BCUT2D eigenvalue weighted by Crippen LogP contribution is 2.20. The highest BCUT2D eigenvalue weighted by molar-refractivity contribution is 6.07. The Kier molecular flexibility index (Phi) is 6.45. The highest BCUT2D eigenvalue weighted by atomic mass is 19.1. The normalized spacial score (nSPS) is 11.0. The number of carbonyl (C=O) groups excluding carboxylic acids is 1. The van der Waals surface area contributed by atoms with Crippen molar-refractivity contribution in [2.24, 2.45) is 5.92 Å². The van der Waals surface area contributed by atoms with Crippen molar-refractivity contribution < 1.29 is 13.9 Å². The molecule has 0 aliphatic heterocycles. The van der Waals surface area contributed by atoms with Crippen molar-refractivity contribution in [1.29, 1.82) is 0 Å². The lowest BCUT2D eigenvalue weighted by atomic mass is 10.2. The molecule has 9 nitrogen and oxygen atoms in total. The summed E-state index contributed by atoms with van der Waals surface area (Å²) >= 11 is 0. The number of ether oxygens (including phenoxy) is 1. The molecule has 0 aromatic carbocycles. The molecule has 0 unspecified atom stereocenters. The molecule has 27 heavy (non-hydrogen) atoms. The Bertz CT molecular complexity index is 938. The molecule has 2 aromatic heterocycles. The van der Waals surface area contributed by atoms with E-state index in [0.717, 1.165) is 17.2 Å². The lowest BCUT2D eigenvalue weighted by Gasteiger charge is -2.24. The van der Waals surface area contributed by atoms with Crippen LogP contribution in [0.5, 0.6) is 0 Å². The van der Waals surface area contributed by atoms with Crippen molar-refractivity contribution in [1.82, 2.24) is 14.5 Å². The summed E-state index contributed by atoms with van der Waals surface area (Å²) in [5.74, 6) is -1.57. The van der Waals surface area contributed by atoms with Crippen LogP contribution in [0.2, 0.25) is 0 Å². The lowest BCUT2D eigenvalue weighted by Crippen LogP contribution is -2.43. The van der Waals surface area contributed by atoms with Crippen LogP contribution in [-0.2, 0) is 11.3 Å². The number of halogens is 1. The van der Waals surface area contributed by atoms with Crippen LogP contribution >= 0.6 is 0 Å². The minimum absolute atomic E-state index is 0.0148. The topological polar surface area (TPSA) is 123 Å². The van der Waals surface area contributed by atoms with Gasteiger partial charge in [0.1, 0.15) is 5.82 Å². The van der Waals surface area contributed by atoms with Crippen molar-refractivity contribution in [2.45, 2.75) is 20.4 Å². The second-order valence-electron chi connectivity index (χ2n) is 6.31. The molecule has 2 heterocycles. The maximum Gasteiger partial charge on any atom is 0.330 e. The lowest BCUT2D eigenvalue weighted by molar-refractivity contribution is 0.0975. The van der Waals surface area contributed by atoms with E-state index in [1.165, 1.54) is 17.7 Å². The minimum Gasteiger partial charge on any atom is -0.383 e. The molecular weight excluding hydrogens is 357 g/mol. The molecule has 0 bridgehead atoms. The van der Waals surface area contributed by atoms with Gasteiger partial charge in [0, 0.05) is 38.0 Å². The Morgan fingerprint density at radius 3 is 2.74 bits per heavy atom. The summed E-state index contributed by atoms with van der Waals surface area (Å²) in [5, 5.41) is 0. The van der Waals surface area contributed by atoms with E-state index in [1.807, 2.05) is 13.8 Å². The average Bonchev–Trinajstić information content (AvgIpc) is 2.60. The standard InChI is InChI=1S/C17H22FN5O4/c1-10(2)9-23-14(19)13(15(24)21-17(23)26)22(6-7-27-3)16(25)11-4-5-20-12(18)8-11/h4-5,8,10H,6-7,9,19H2,1-3H3,(H,21,24,26). The Hall–Kier alpha value is -3.01. The monoisotopic (exact) mass is 379 g/mol. The first-order valence-corrected chi connectivity index (χ1v) is 8.31. The summed E-state index contributed by atoms with van der Waals surface area (Å²) < 4.78 is 19.6. The van der Waals surface area contributed by atoms with Gasteiger partial charge in [0.2, 0.25) is 5.95 Å². The second-order valence-corrected chi connectivity index (χ2v) is 6.31. The van der Waals surface area contributed by atoms with Gasteiger partial charge < -0.3 is 10.5 Å². The first kappa shape index (κ1) is 20.3. The Balaban J connectivity index is 2.61. The van der Waals surface area contributed by atoms with E-state index >= 15 is 0 Å². The van der Waals surface area contributed by atoms with Gasteiger partial charge >= 0.3 is 5.69 Å². The summed E-state index contributed by atoms with van der Waals surface area (Å²) in [4.78, 5) is 44.1. The van der Waals surface area contributed by atoms with Crippen LogP contribution in [0.25, 0.3) is 0 Å². The van der Waals surface area contributed by atoms with Crippen molar-refractivity contribution in [3.63, 3.8) is 0 Å². The van der Waals surface area contributed by atoms with Gasteiger partial charge in [0.15, 0.2) is 5.69 Å².